The maximum Gasteiger partial charge on any atom is 0.273 e. The van der Waals surface area contributed by atoms with Crippen LogP contribution in [0.3, 0.4) is 0 Å². The molecular weight excluding hydrogens is 272 g/mol. The van der Waals surface area contributed by atoms with Gasteiger partial charge in [0.1, 0.15) is 5.60 Å². The van der Waals surface area contributed by atoms with Gasteiger partial charge in [-0.2, -0.15) is 0 Å². The van der Waals surface area contributed by atoms with E-state index in [0.29, 0.717) is 13.2 Å². The highest BCUT2D eigenvalue weighted by Crippen LogP contribution is 2.31. The lowest BCUT2D eigenvalue weighted by molar-refractivity contribution is -0.385. The Balaban J connectivity index is 1.77. The molecular formula is C15H20N2O4. The van der Waals surface area contributed by atoms with Gasteiger partial charge in [0.05, 0.1) is 17.6 Å². The van der Waals surface area contributed by atoms with Crippen LogP contribution in [0.2, 0.25) is 0 Å². The van der Waals surface area contributed by atoms with Crippen molar-refractivity contribution in [2.24, 2.45) is 0 Å². The molecule has 6 nitrogen and oxygen atoms in total. The van der Waals surface area contributed by atoms with Crippen LogP contribution in [0.5, 0.6) is 0 Å². The topological polar surface area (TPSA) is 64.8 Å². The van der Waals surface area contributed by atoms with Crippen molar-refractivity contribution >= 4 is 5.69 Å². The zero-order valence-corrected chi connectivity index (χ0v) is 12.2. The number of nitro benzene ring substituents is 1. The van der Waals surface area contributed by atoms with Crippen LogP contribution in [0.15, 0.2) is 24.3 Å². The minimum Gasteiger partial charge on any atom is -0.378 e. The molecule has 0 aliphatic carbocycles. The molecule has 2 aliphatic heterocycles. The summed E-state index contributed by atoms with van der Waals surface area (Å²) in [4.78, 5) is 13.0. The second-order valence-electron chi connectivity index (χ2n) is 5.97. The van der Waals surface area contributed by atoms with Gasteiger partial charge in [-0.15, -0.1) is 0 Å². The van der Waals surface area contributed by atoms with E-state index in [1.807, 2.05) is 19.1 Å². The van der Waals surface area contributed by atoms with Gasteiger partial charge in [-0.25, -0.2) is 0 Å². The van der Waals surface area contributed by atoms with Crippen molar-refractivity contribution in [2.75, 3.05) is 26.3 Å². The molecule has 3 rings (SSSR count). The molecule has 2 heterocycles. The smallest absolute Gasteiger partial charge is 0.273 e. The monoisotopic (exact) mass is 292 g/mol. The predicted molar refractivity (Wildman–Crippen MR) is 77.1 cm³/mol. The number of morpholine rings is 1. The Kier molecular flexibility index (Phi) is 3.93. The van der Waals surface area contributed by atoms with Crippen molar-refractivity contribution in [1.29, 1.82) is 0 Å². The lowest BCUT2D eigenvalue weighted by Crippen LogP contribution is -2.55. The first kappa shape index (κ1) is 14.4. The lowest BCUT2D eigenvalue weighted by atomic mass is 9.98. The summed E-state index contributed by atoms with van der Waals surface area (Å²) in [6.45, 7) is 5.52. The minimum atomic E-state index is -0.312. The van der Waals surface area contributed by atoms with Crippen LogP contribution in [0.25, 0.3) is 0 Å². The SMILES string of the molecule is CC1CN(Cc2ccccc2[N+](=O)[O-])CC2(CCOC2)O1. The van der Waals surface area contributed by atoms with Gasteiger partial charge in [0.25, 0.3) is 5.69 Å². The molecule has 0 amide bonds. The Bertz CT molecular complexity index is 528. The standard InChI is InChI=1S/C15H20N2O4/c1-12-8-16(10-15(21-12)6-7-20-11-15)9-13-4-2-3-5-14(13)17(18)19/h2-5,12H,6-11H2,1H3. The summed E-state index contributed by atoms with van der Waals surface area (Å²) in [5.41, 5.74) is 0.709. The molecule has 0 N–H and O–H groups in total. The number of rotatable bonds is 3. The molecule has 21 heavy (non-hydrogen) atoms. The van der Waals surface area contributed by atoms with Crippen molar-refractivity contribution < 1.29 is 14.4 Å². The van der Waals surface area contributed by atoms with Crippen LogP contribution in [0, 0.1) is 10.1 Å². The summed E-state index contributed by atoms with van der Waals surface area (Å²) in [6.07, 6.45) is 1.01. The van der Waals surface area contributed by atoms with Gasteiger partial charge in [0.2, 0.25) is 0 Å². The molecule has 0 saturated carbocycles. The third-order valence-corrected chi connectivity index (χ3v) is 4.13. The summed E-state index contributed by atoms with van der Waals surface area (Å²) in [5.74, 6) is 0. The van der Waals surface area contributed by atoms with Gasteiger partial charge in [0.15, 0.2) is 0 Å². The number of nitrogens with zero attached hydrogens (tertiary/aromatic N) is 2. The molecule has 1 spiro atoms. The molecule has 2 saturated heterocycles. The molecule has 0 bridgehead atoms. The quantitative estimate of drug-likeness (QED) is 0.629. The zero-order valence-electron chi connectivity index (χ0n) is 12.2. The largest absolute Gasteiger partial charge is 0.378 e. The third kappa shape index (κ3) is 3.07. The van der Waals surface area contributed by atoms with Crippen molar-refractivity contribution in [3.8, 4) is 0 Å². The van der Waals surface area contributed by atoms with Crippen molar-refractivity contribution in [1.82, 2.24) is 4.90 Å². The molecule has 0 aromatic heterocycles. The number of ether oxygens (including phenoxy) is 2. The van der Waals surface area contributed by atoms with Crippen LogP contribution < -0.4 is 0 Å². The Hall–Kier alpha value is -1.50. The highest BCUT2D eigenvalue weighted by molar-refractivity contribution is 5.39. The summed E-state index contributed by atoms with van der Waals surface area (Å²) < 4.78 is 11.6. The number of benzene rings is 1. The van der Waals surface area contributed by atoms with Gasteiger partial charge in [-0.1, -0.05) is 18.2 Å². The first-order valence-corrected chi connectivity index (χ1v) is 7.28. The van der Waals surface area contributed by atoms with E-state index in [-0.39, 0.29) is 22.3 Å². The van der Waals surface area contributed by atoms with E-state index in [4.69, 9.17) is 9.47 Å². The number of hydrogen-bond donors (Lipinski definition) is 0. The van der Waals surface area contributed by atoms with E-state index >= 15 is 0 Å². The fourth-order valence-corrected chi connectivity index (χ4v) is 3.33. The average molecular weight is 292 g/mol. The molecule has 2 unspecified atom stereocenters. The molecule has 0 radical (unpaired) electrons. The lowest BCUT2D eigenvalue weighted by Gasteiger charge is -2.42. The Labute approximate surface area is 123 Å². The van der Waals surface area contributed by atoms with E-state index in [9.17, 15) is 10.1 Å². The molecule has 1 aromatic carbocycles. The van der Waals surface area contributed by atoms with E-state index in [2.05, 4.69) is 4.90 Å². The Morgan fingerprint density at radius 3 is 3.00 bits per heavy atom. The fourth-order valence-electron chi connectivity index (χ4n) is 3.33. The van der Waals surface area contributed by atoms with Crippen LogP contribution in [-0.2, 0) is 16.0 Å². The van der Waals surface area contributed by atoms with Crippen LogP contribution >= 0.6 is 0 Å². The van der Waals surface area contributed by atoms with Crippen molar-refractivity contribution in [3.05, 3.63) is 39.9 Å². The third-order valence-electron chi connectivity index (χ3n) is 4.13. The first-order valence-electron chi connectivity index (χ1n) is 7.28. The van der Waals surface area contributed by atoms with Gasteiger partial charge < -0.3 is 9.47 Å². The minimum absolute atomic E-state index is 0.114. The second-order valence-corrected chi connectivity index (χ2v) is 5.97. The molecule has 114 valence electrons. The maximum absolute atomic E-state index is 11.1. The zero-order chi connectivity index (χ0) is 14.9. The van der Waals surface area contributed by atoms with Crippen molar-refractivity contribution in [3.63, 3.8) is 0 Å². The van der Waals surface area contributed by atoms with E-state index in [1.165, 1.54) is 0 Å². The van der Waals surface area contributed by atoms with Crippen molar-refractivity contribution in [2.45, 2.75) is 31.6 Å². The van der Waals surface area contributed by atoms with Gasteiger partial charge in [-0.05, 0) is 6.92 Å². The van der Waals surface area contributed by atoms with Gasteiger partial charge in [0, 0.05) is 44.3 Å². The van der Waals surface area contributed by atoms with Gasteiger partial charge >= 0.3 is 0 Å². The van der Waals surface area contributed by atoms with E-state index in [0.717, 1.165) is 31.7 Å². The van der Waals surface area contributed by atoms with Crippen LogP contribution in [0.1, 0.15) is 18.9 Å². The number of hydrogen-bond acceptors (Lipinski definition) is 5. The summed E-state index contributed by atoms with van der Waals surface area (Å²) in [7, 11) is 0. The Morgan fingerprint density at radius 2 is 2.29 bits per heavy atom. The molecule has 6 heteroatoms. The van der Waals surface area contributed by atoms with E-state index < -0.39 is 0 Å². The molecule has 2 atom stereocenters. The summed E-state index contributed by atoms with van der Waals surface area (Å²) >= 11 is 0. The van der Waals surface area contributed by atoms with Crippen LogP contribution in [0.4, 0.5) is 5.69 Å². The highest BCUT2D eigenvalue weighted by atomic mass is 16.6. The Morgan fingerprint density at radius 1 is 1.48 bits per heavy atom. The molecule has 2 fully saturated rings. The summed E-state index contributed by atoms with van der Waals surface area (Å²) in [5, 5.41) is 11.1. The molecule has 1 aromatic rings. The predicted octanol–water partition coefficient (Wildman–Crippen LogP) is 1.97. The van der Waals surface area contributed by atoms with Gasteiger partial charge in [-0.3, -0.25) is 15.0 Å². The normalized spacial score (nSPS) is 29.9. The maximum atomic E-state index is 11.1. The fraction of sp³-hybridized carbons (Fsp3) is 0.600. The second kappa shape index (κ2) is 5.71. The average Bonchev–Trinajstić information content (AvgIpc) is 2.85. The van der Waals surface area contributed by atoms with E-state index in [1.54, 1.807) is 12.1 Å². The number of para-hydroxylation sites is 1. The summed E-state index contributed by atoms with van der Waals surface area (Å²) in [6, 6.07) is 6.94. The first-order chi connectivity index (χ1) is 10.1. The van der Waals surface area contributed by atoms with Crippen LogP contribution in [-0.4, -0.2) is 47.8 Å². The highest BCUT2D eigenvalue weighted by Gasteiger charge is 2.42. The number of nitro groups is 1. The molecule has 2 aliphatic rings.